The molecule has 0 radical (unpaired) electrons. The molecule has 0 saturated heterocycles. The zero-order valence-corrected chi connectivity index (χ0v) is 20.0. The number of rotatable bonds is 5. The van der Waals surface area contributed by atoms with E-state index in [1.807, 2.05) is 76.3 Å². The van der Waals surface area contributed by atoms with Crippen LogP contribution in [0.15, 0.2) is 65.5 Å². The van der Waals surface area contributed by atoms with Gasteiger partial charge in [0, 0.05) is 24.1 Å². The minimum absolute atomic E-state index is 0.256. The van der Waals surface area contributed by atoms with Crippen molar-refractivity contribution in [2.24, 2.45) is 7.05 Å². The SMILES string of the molecule is Cc1cc(C(=O)Nc2c(C)n(C)n(-c3ccccc3)c2=O)c(C)n1-c1cccc(C(C)C)c1. The van der Waals surface area contributed by atoms with Crippen molar-refractivity contribution in [3.8, 4) is 11.4 Å². The molecule has 170 valence electrons. The largest absolute Gasteiger partial charge is 0.318 e. The number of aromatic nitrogens is 3. The third kappa shape index (κ3) is 3.93. The summed E-state index contributed by atoms with van der Waals surface area (Å²) in [6, 6.07) is 19.6. The van der Waals surface area contributed by atoms with Crippen LogP contribution in [0.4, 0.5) is 5.69 Å². The molecule has 6 heteroatoms. The molecule has 2 aromatic heterocycles. The Morgan fingerprint density at radius 3 is 2.21 bits per heavy atom. The van der Waals surface area contributed by atoms with E-state index in [0.717, 1.165) is 22.8 Å². The van der Waals surface area contributed by atoms with Gasteiger partial charge in [-0.25, -0.2) is 4.68 Å². The lowest BCUT2D eigenvalue weighted by Crippen LogP contribution is -2.23. The molecular formula is C27H30N4O2. The number of anilines is 1. The highest BCUT2D eigenvalue weighted by molar-refractivity contribution is 6.05. The van der Waals surface area contributed by atoms with Crippen LogP contribution in [-0.2, 0) is 7.05 Å². The Hall–Kier alpha value is -3.80. The van der Waals surface area contributed by atoms with E-state index in [0.29, 0.717) is 17.2 Å². The van der Waals surface area contributed by atoms with Gasteiger partial charge >= 0.3 is 0 Å². The van der Waals surface area contributed by atoms with Crippen LogP contribution in [0.1, 0.15) is 52.8 Å². The summed E-state index contributed by atoms with van der Waals surface area (Å²) >= 11 is 0. The number of carbonyl (C=O) groups is 1. The second kappa shape index (κ2) is 8.62. The number of nitrogens with zero attached hydrogens (tertiary/aromatic N) is 3. The molecule has 0 aliphatic rings. The molecule has 1 N–H and O–H groups in total. The van der Waals surface area contributed by atoms with Crippen molar-refractivity contribution in [1.29, 1.82) is 0 Å². The molecule has 6 nitrogen and oxygen atoms in total. The van der Waals surface area contributed by atoms with Gasteiger partial charge in [-0.3, -0.25) is 14.3 Å². The lowest BCUT2D eigenvalue weighted by atomic mass is 10.0. The highest BCUT2D eigenvalue weighted by atomic mass is 16.2. The Morgan fingerprint density at radius 2 is 1.55 bits per heavy atom. The first-order valence-corrected chi connectivity index (χ1v) is 11.1. The highest BCUT2D eigenvalue weighted by Gasteiger charge is 2.22. The number of para-hydroxylation sites is 1. The Kier molecular flexibility index (Phi) is 5.85. The van der Waals surface area contributed by atoms with Crippen molar-refractivity contribution in [3.63, 3.8) is 0 Å². The van der Waals surface area contributed by atoms with Crippen molar-refractivity contribution in [1.82, 2.24) is 13.9 Å². The molecule has 4 rings (SSSR count). The number of benzene rings is 2. The number of amides is 1. The summed E-state index contributed by atoms with van der Waals surface area (Å²) in [7, 11) is 1.81. The quantitative estimate of drug-likeness (QED) is 0.458. The van der Waals surface area contributed by atoms with Crippen molar-refractivity contribution >= 4 is 11.6 Å². The van der Waals surface area contributed by atoms with Gasteiger partial charge < -0.3 is 9.88 Å². The molecule has 4 aromatic rings. The van der Waals surface area contributed by atoms with Gasteiger partial charge in [-0.05, 0) is 62.6 Å². The van der Waals surface area contributed by atoms with Crippen LogP contribution < -0.4 is 10.9 Å². The maximum atomic E-state index is 13.3. The molecule has 2 heterocycles. The van der Waals surface area contributed by atoms with E-state index in [1.165, 1.54) is 5.56 Å². The third-order valence-electron chi connectivity index (χ3n) is 6.26. The van der Waals surface area contributed by atoms with E-state index >= 15 is 0 Å². The molecule has 0 bridgehead atoms. The molecular weight excluding hydrogens is 412 g/mol. The Morgan fingerprint density at radius 1 is 0.879 bits per heavy atom. The maximum absolute atomic E-state index is 13.3. The topological polar surface area (TPSA) is 61.0 Å². The van der Waals surface area contributed by atoms with E-state index in [4.69, 9.17) is 0 Å². The molecule has 0 unspecified atom stereocenters. The summed E-state index contributed by atoms with van der Waals surface area (Å²) in [5, 5.41) is 2.88. The van der Waals surface area contributed by atoms with Gasteiger partial charge in [-0.1, -0.05) is 44.2 Å². The van der Waals surface area contributed by atoms with E-state index in [2.05, 4.69) is 35.9 Å². The Bertz CT molecular complexity index is 1390. The number of carbonyl (C=O) groups excluding carboxylic acids is 1. The fourth-order valence-corrected chi connectivity index (χ4v) is 4.31. The van der Waals surface area contributed by atoms with Gasteiger partial charge in [0.05, 0.1) is 16.9 Å². The average Bonchev–Trinajstić information content (AvgIpc) is 3.21. The minimum Gasteiger partial charge on any atom is -0.318 e. The first-order chi connectivity index (χ1) is 15.7. The van der Waals surface area contributed by atoms with Crippen molar-refractivity contribution in [2.75, 3.05) is 5.32 Å². The lowest BCUT2D eigenvalue weighted by Gasteiger charge is -2.13. The third-order valence-corrected chi connectivity index (χ3v) is 6.26. The van der Waals surface area contributed by atoms with Crippen LogP contribution in [0.5, 0.6) is 0 Å². The van der Waals surface area contributed by atoms with Crippen LogP contribution in [0, 0.1) is 20.8 Å². The zero-order chi connectivity index (χ0) is 23.9. The van der Waals surface area contributed by atoms with E-state index in [9.17, 15) is 9.59 Å². The monoisotopic (exact) mass is 442 g/mol. The predicted octanol–water partition coefficient (Wildman–Crippen LogP) is 5.27. The van der Waals surface area contributed by atoms with Gasteiger partial charge in [-0.15, -0.1) is 0 Å². The fraction of sp³-hybridized carbons (Fsp3) is 0.259. The van der Waals surface area contributed by atoms with Gasteiger partial charge in [0.2, 0.25) is 0 Å². The predicted molar refractivity (Wildman–Crippen MR) is 133 cm³/mol. The summed E-state index contributed by atoms with van der Waals surface area (Å²) in [5.74, 6) is 0.122. The number of nitrogens with one attached hydrogen (secondary N) is 1. The van der Waals surface area contributed by atoms with Crippen LogP contribution in [0.25, 0.3) is 11.4 Å². The Labute approximate surface area is 194 Å². The van der Waals surface area contributed by atoms with Crippen LogP contribution in [-0.4, -0.2) is 19.8 Å². The molecule has 0 saturated carbocycles. The van der Waals surface area contributed by atoms with Crippen molar-refractivity contribution < 1.29 is 4.79 Å². The second-order valence-electron chi connectivity index (χ2n) is 8.76. The number of hydrogen-bond acceptors (Lipinski definition) is 2. The molecule has 0 aliphatic carbocycles. The standard InChI is InChI=1S/C27H30N4O2/c1-17(2)21-11-10-14-23(16-21)30-18(3)15-24(19(30)4)26(32)28-25-20(5)29(6)31(27(25)33)22-12-8-7-9-13-22/h7-17H,1-6H3,(H,28,32). The van der Waals surface area contributed by atoms with Crippen LogP contribution in [0.2, 0.25) is 0 Å². The van der Waals surface area contributed by atoms with Gasteiger partial charge in [0.25, 0.3) is 11.5 Å². The van der Waals surface area contributed by atoms with Crippen LogP contribution >= 0.6 is 0 Å². The fourth-order valence-electron chi connectivity index (χ4n) is 4.31. The maximum Gasteiger partial charge on any atom is 0.295 e. The lowest BCUT2D eigenvalue weighted by molar-refractivity contribution is 0.102. The number of hydrogen-bond donors (Lipinski definition) is 1. The average molecular weight is 443 g/mol. The summed E-state index contributed by atoms with van der Waals surface area (Å²) < 4.78 is 5.40. The second-order valence-corrected chi connectivity index (χ2v) is 8.76. The van der Waals surface area contributed by atoms with Crippen LogP contribution in [0.3, 0.4) is 0 Å². The summed E-state index contributed by atoms with van der Waals surface area (Å²) in [6.07, 6.45) is 0. The van der Waals surface area contributed by atoms with Crippen molar-refractivity contribution in [2.45, 2.75) is 40.5 Å². The van der Waals surface area contributed by atoms with Gasteiger partial charge in [0.15, 0.2) is 0 Å². The van der Waals surface area contributed by atoms with Crippen molar-refractivity contribution in [3.05, 3.63) is 99.2 Å². The zero-order valence-electron chi connectivity index (χ0n) is 20.0. The molecule has 33 heavy (non-hydrogen) atoms. The van der Waals surface area contributed by atoms with E-state index in [-0.39, 0.29) is 17.2 Å². The molecule has 0 aliphatic heterocycles. The van der Waals surface area contributed by atoms with Gasteiger partial charge in [-0.2, -0.15) is 0 Å². The Balaban J connectivity index is 1.71. The smallest absolute Gasteiger partial charge is 0.295 e. The van der Waals surface area contributed by atoms with E-state index in [1.54, 1.807) is 9.36 Å². The van der Waals surface area contributed by atoms with Gasteiger partial charge in [0.1, 0.15) is 5.69 Å². The van der Waals surface area contributed by atoms with E-state index < -0.39 is 0 Å². The first-order valence-electron chi connectivity index (χ1n) is 11.1. The number of aryl methyl sites for hydroxylation is 1. The highest BCUT2D eigenvalue weighted by Crippen LogP contribution is 2.25. The summed E-state index contributed by atoms with van der Waals surface area (Å²) in [5.41, 5.74) is 6.09. The molecule has 1 amide bonds. The summed E-state index contributed by atoms with van der Waals surface area (Å²) in [4.78, 5) is 26.5. The summed E-state index contributed by atoms with van der Waals surface area (Å²) in [6.45, 7) is 10.1. The molecule has 2 aromatic carbocycles. The molecule has 0 atom stereocenters. The first kappa shape index (κ1) is 22.4. The normalized spacial score (nSPS) is 11.2. The molecule has 0 fully saturated rings. The minimum atomic E-state index is -0.291. The molecule has 0 spiro atoms.